The smallest absolute Gasteiger partial charge is 0.327 e. The zero-order chi connectivity index (χ0) is 12.9. The van der Waals surface area contributed by atoms with Gasteiger partial charge in [0.1, 0.15) is 12.9 Å². The summed E-state index contributed by atoms with van der Waals surface area (Å²) < 4.78 is 11.6. The molecule has 1 heterocycles. The predicted octanol–water partition coefficient (Wildman–Crippen LogP) is 0.219. The SMILES string of the molecule is COC(C)(C)CCOC(=O)Cn1cnc(N)n1. The molecule has 0 bridgehead atoms. The van der Waals surface area contributed by atoms with Crippen LogP contribution >= 0.6 is 0 Å². The molecule has 0 aliphatic heterocycles. The lowest BCUT2D eigenvalue weighted by Crippen LogP contribution is -2.26. The minimum atomic E-state index is -0.373. The average Bonchev–Trinajstić information content (AvgIpc) is 2.63. The van der Waals surface area contributed by atoms with Crippen molar-refractivity contribution in [1.29, 1.82) is 0 Å². The standard InChI is InChI=1S/C10H18N4O3/c1-10(2,16-3)4-5-17-8(15)6-14-7-12-9(11)13-14/h7H,4-6H2,1-3H3,(H2,11,13). The molecule has 0 spiro atoms. The maximum atomic E-state index is 11.4. The molecule has 0 unspecified atom stereocenters. The summed E-state index contributed by atoms with van der Waals surface area (Å²) in [6, 6.07) is 0. The normalized spacial score (nSPS) is 11.5. The molecule has 0 saturated heterocycles. The molecule has 0 radical (unpaired) electrons. The molecule has 1 aromatic rings. The number of hydrogen-bond acceptors (Lipinski definition) is 6. The highest BCUT2D eigenvalue weighted by molar-refractivity contribution is 5.68. The van der Waals surface area contributed by atoms with Gasteiger partial charge >= 0.3 is 5.97 Å². The number of nitrogens with two attached hydrogens (primary N) is 1. The van der Waals surface area contributed by atoms with Crippen molar-refractivity contribution >= 4 is 11.9 Å². The Hall–Kier alpha value is -1.63. The third-order valence-electron chi connectivity index (χ3n) is 2.37. The number of carbonyl (C=O) groups excluding carboxylic acids is 1. The first-order chi connectivity index (χ1) is 7.93. The molecule has 0 fully saturated rings. The number of hydrogen-bond donors (Lipinski definition) is 1. The number of aromatic nitrogens is 3. The van der Waals surface area contributed by atoms with Crippen LogP contribution in [-0.4, -0.2) is 40.1 Å². The molecular weight excluding hydrogens is 224 g/mol. The summed E-state index contributed by atoms with van der Waals surface area (Å²) in [7, 11) is 1.63. The number of nitrogens with zero attached hydrogens (tertiary/aromatic N) is 3. The van der Waals surface area contributed by atoms with Crippen LogP contribution in [0.25, 0.3) is 0 Å². The Labute approximate surface area is 99.9 Å². The number of ether oxygens (including phenoxy) is 2. The Morgan fingerprint density at radius 3 is 2.82 bits per heavy atom. The summed E-state index contributed by atoms with van der Waals surface area (Å²) >= 11 is 0. The highest BCUT2D eigenvalue weighted by Crippen LogP contribution is 2.12. The van der Waals surface area contributed by atoms with Gasteiger partial charge in [0.25, 0.3) is 0 Å². The summed E-state index contributed by atoms with van der Waals surface area (Å²) in [5, 5.41) is 3.78. The zero-order valence-corrected chi connectivity index (χ0v) is 10.3. The van der Waals surface area contributed by atoms with Crippen LogP contribution in [0.5, 0.6) is 0 Å². The lowest BCUT2D eigenvalue weighted by molar-refractivity contribution is -0.146. The topological polar surface area (TPSA) is 92.3 Å². The van der Waals surface area contributed by atoms with Gasteiger partial charge in [-0.3, -0.25) is 4.79 Å². The predicted molar refractivity (Wildman–Crippen MR) is 61.1 cm³/mol. The molecule has 2 N–H and O–H groups in total. The zero-order valence-electron chi connectivity index (χ0n) is 10.3. The Morgan fingerprint density at radius 1 is 1.59 bits per heavy atom. The van der Waals surface area contributed by atoms with Crippen molar-refractivity contribution in [1.82, 2.24) is 14.8 Å². The molecular formula is C10H18N4O3. The van der Waals surface area contributed by atoms with E-state index in [9.17, 15) is 4.79 Å². The minimum absolute atomic E-state index is 0.0115. The third kappa shape index (κ3) is 4.81. The summed E-state index contributed by atoms with van der Waals surface area (Å²) in [5.74, 6) is -0.236. The largest absolute Gasteiger partial charge is 0.464 e. The molecule has 0 atom stereocenters. The first kappa shape index (κ1) is 13.4. The fraction of sp³-hybridized carbons (Fsp3) is 0.700. The van der Waals surface area contributed by atoms with E-state index in [0.29, 0.717) is 13.0 Å². The van der Waals surface area contributed by atoms with Crippen LogP contribution in [0.15, 0.2) is 6.33 Å². The van der Waals surface area contributed by atoms with Crippen LogP contribution in [-0.2, 0) is 20.8 Å². The van der Waals surface area contributed by atoms with Crippen LogP contribution in [0.4, 0.5) is 5.95 Å². The van der Waals surface area contributed by atoms with Gasteiger partial charge in [-0.15, -0.1) is 5.10 Å². The second kappa shape index (κ2) is 5.62. The molecule has 0 saturated carbocycles. The Morgan fingerprint density at radius 2 is 2.29 bits per heavy atom. The summed E-state index contributed by atoms with van der Waals surface area (Å²) in [6.45, 7) is 4.18. The molecule has 7 nitrogen and oxygen atoms in total. The van der Waals surface area contributed by atoms with Gasteiger partial charge in [0.15, 0.2) is 0 Å². The Kier molecular flexibility index (Phi) is 4.45. The van der Waals surface area contributed by atoms with E-state index in [4.69, 9.17) is 15.2 Å². The summed E-state index contributed by atoms with van der Waals surface area (Å²) in [4.78, 5) is 15.1. The van der Waals surface area contributed by atoms with Gasteiger partial charge < -0.3 is 15.2 Å². The lowest BCUT2D eigenvalue weighted by atomic mass is 10.1. The lowest BCUT2D eigenvalue weighted by Gasteiger charge is -2.22. The van der Waals surface area contributed by atoms with E-state index in [1.54, 1.807) is 7.11 Å². The fourth-order valence-electron chi connectivity index (χ4n) is 1.08. The van der Waals surface area contributed by atoms with Crippen LogP contribution in [0.3, 0.4) is 0 Å². The number of esters is 1. The first-order valence-electron chi connectivity index (χ1n) is 5.28. The van der Waals surface area contributed by atoms with Gasteiger partial charge in [-0.25, -0.2) is 9.67 Å². The van der Waals surface area contributed by atoms with E-state index >= 15 is 0 Å². The van der Waals surface area contributed by atoms with Crippen molar-refractivity contribution in [2.75, 3.05) is 19.5 Å². The molecule has 0 aromatic carbocycles. The van der Waals surface area contributed by atoms with Crippen LogP contribution in [0.2, 0.25) is 0 Å². The molecule has 96 valence electrons. The average molecular weight is 242 g/mol. The van der Waals surface area contributed by atoms with Crippen molar-refractivity contribution in [3.05, 3.63) is 6.33 Å². The maximum absolute atomic E-state index is 11.4. The highest BCUT2D eigenvalue weighted by atomic mass is 16.5. The number of methoxy groups -OCH3 is 1. The summed E-state index contributed by atoms with van der Waals surface area (Å²) in [6.07, 6.45) is 2.02. The fourth-order valence-corrected chi connectivity index (χ4v) is 1.08. The van der Waals surface area contributed by atoms with Crippen LogP contribution in [0, 0.1) is 0 Å². The van der Waals surface area contributed by atoms with Gasteiger partial charge in [0.05, 0.1) is 12.2 Å². The van der Waals surface area contributed by atoms with Crippen molar-refractivity contribution < 1.29 is 14.3 Å². The van der Waals surface area contributed by atoms with Gasteiger partial charge in [0, 0.05) is 13.5 Å². The van der Waals surface area contributed by atoms with Gasteiger partial charge in [-0.1, -0.05) is 0 Å². The first-order valence-corrected chi connectivity index (χ1v) is 5.28. The Bertz CT molecular complexity index is 375. The molecule has 17 heavy (non-hydrogen) atoms. The van der Waals surface area contributed by atoms with E-state index in [-0.39, 0.29) is 24.1 Å². The summed E-state index contributed by atoms with van der Waals surface area (Å²) in [5.41, 5.74) is 5.02. The number of nitrogen functional groups attached to an aromatic ring is 1. The van der Waals surface area contributed by atoms with Crippen molar-refractivity contribution in [2.45, 2.75) is 32.4 Å². The number of anilines is 1. The molecule has 0 aliphatic carbocycles. The second-order valence-corrected chi connectivity index (χ2v) is 4.23. The number of carbonyl (C=O) groups is 1. The maximum Gasteiger partial charge on any atom is 0.327 e. The molecule has 1 aromatic heterocycles. The van der Waals surface area contributed by atoms with E-state index in [1.807, 2.05) is 13.8 Å². The van der Waals surface area contributed by atoms with E-state index in [1.165, 1.54) is 11.0 Å². The molecule has 7 heteroatoms. The van der Waals surface area contributed by atoms with Crippen LogP contribution < -0.4 is 5.73 Å². The van der Waals surface area contributed by atoms with Gasteiger partial charge in [0.2, 0.25) is 5.95 Å². The molecule has 1 rings (SSSR count). The monoisotopic (exact) mass is 242 g/mol. The van der Waals surface area contributed by atoms with E-state index in [2.05, 4.69) is 10.1 Å². The van der Waals surface area contributed by atoms with Crippen molar-refractivity contribution in [2.24, 2.45) is 0 Å². The minimum Gasteiger partial charge on any atom is -0.464 e. The highest BCUT2D eigenvalue weighted by Gasteiger charge is 2.17. The number of rotatable bonds is 6. The Balaban J connectivity index is 2.27. The van der Waals surface area contributed by atoms with E-state index < -0.39 is 0 Å². The van der Waals surface area contributed by atoms with E-state index in [0.717, 1.165) is 0 Å². The molecule has 0 aliphatic rings. The quantitative estimate of drug-likeness (QED) is 0.717. The molecule has 0 amide bonds. The van der Waals surface area contributed by atoms with Gasteiger partial charge in [-0.2, -0.15) is 0 Å². The van der Waals surface area contributed by atoms with Crippen molar-refractivity contribution in [3.8, 4) is 0 Å². The van der Waals surface area contributed by atoms with Crippen molar-refractivity contribution in [3.63, 3.8) is 0 Å². The van der Waals surface area contributed by atoms with Crippen LogP contribution in [0.1, 0.15) is 20.3 Å². The second-order valence-electron chi connectivity index (χ2n) is 4.23. The third-order valence-corrected chi connectivity index (χ3v) is 2.37. The van der Waals surface area contributed by atoms with Gasteiger partial charge in [-0.05, 0) is 13.8 Å².